The number of nitrogens with one attached hydrogen (secondary N) is 1. The molecule has 1 aliphatic rings. The molecule has 0 saturated heterocycles. The second-order valence-corrected chi connectivity index (χ2v) is 6.03. The fourth-order valence-corrected chi connectivity index (χ4v) is 3.63. The lowest BCUT2D eigenvalue weighted by Gasteiger charge is -2.21. The highest BCUT2D eigenvalue weighted by Crippen LogP contribution is 2.40. The average molecular weight is 261 g/mol. The van der Waals surface area contributed by atoms with Crippen LogP contribution in [0.15, 0.2) is 46.2 Å². The van der Waals surface area contributed by atoms with Crippen LogP contribution in [0.1, 0.15) is 0 Å². The lowest BCUT2D eigenvalue weighted by molar-refractivity contribution is 0.596. The van der Waals surface area contributed by atoms with Gasteiger partial charge in [-0.15, -0.1) is 0 Å². The molecule has 0 unspecified atom stereocenters. The maximum Gasteiger partial charge on any atom is 0.210 e. The largest absolute Gasteiger partial charge is 0.399 e. The van der Waals surface area contributed by atoms with Gasteiger partial charge in [0.1, 0.15) is 0 Å². The molecule has 0 fully saturated rings. The van der Waals surface area contributed by atoms with Crippen LogP contribution in [0, 0.1) is 0 Å². The first-order valence-corrected chi connectivity index (χ1v) is 6.78. The Balaban J connectivity index is 2.34. The Kier molecular flexibility index (Phi) is 2.06. The number of fused-ring (bicyclic) bond motifs is 2. The second kappa shape index (κ2) is 3.39. The minimum Gasteiger partial charge on any atom is -0.399 e. The van der Waals surface area contributed by atoms with Gasteiger partial charge in [0.2, 0.25) is 9.84 Å². The topological polar surface area (TPSA) is 98.2 Å². The number of sulfone groups is 1. The van der Waals surface area contributed by atoms with Gasteiger partial charge in [-0.1, -0.05) is 0 Å². The molecule has 0 bridgehead atoms. The summed E-state index contributed by atoms with van der Waals surface area (Å²) in [4.78, 5) is 0.362. The van der Waals surface area contributed by atoms with Gasteiger partial charge in [0.25, 0.3) is 0 Å². The van der Waals surface area contributed by atoms with Crippen molar-refractivity contribution in [2.24, 2.45) is 0 Å². The Hall–Kier alpha value is -2.21. The van der Waals surface area contributed by atoms with E-state index in [-0.39, 0.29) is 9.79 Å². The molecule has 3 rings (SSSR count). The van der Waals surface area contributed by atoms with E-state index in [0.717, 1.165) is 0 Å². The fourth-order valence-electron chi connectivity index (χ4n) is 1.99. The summed E-state index contributed by atoms with van der Waals surface area (Å²) in [6, 6.07) is 9.52. The van der Waals surface area contributed by atoms with Gasteiger partial charge in [-0.05, 0) is 36.4 Å². The first-order valence-electron chi connectivity index (χ1n) is 5.29. The summed E-state index contributed by atoms with van der Waals surface area (Å²) >= 11 is 0. The third-order valence-corrected chi connectivity index (χ3v) is 4.69. The Morgan fingerprint density at radius 1 is 0.833 bits per heavy atom. The van der Waals surface area contributed by atoms with Crippen LogP contribution in [0.25, 0.3) is 0 Å². The number of hydrogen-bond donors (Lipinski definition) is 3. The van der Waals surface area contributed by atoms with E-state index in [1.807, 2.05) is 0 Å². The molecule has 92 valence electrons. The van der Waals surface area contributed by atoms with Gasteiger partial charge in [0.05, 0.1) is 21.2 Å². The maximum atomic E-state index is 12.4. The summed E-state index contributed by atoms with van der Waals surface area (Å²) in [5.41, 5.74) is 13.1. The molecular formula is C12H11N3O2S. The number of benzene rings is 2. The molecule has 5 nitrogen and oxygen atoms in total. The number of anilines is 4. The van der Waals surface area contributed by atoms with E-state index in [1.165, 1.54) is 12.1 Å². The molecule has 0 spiro atoms. The van der Waals surface area contributed by atoms with E-state index in [9.17, 15) is 8.42 Å². The smallest absolute Gasteiger partial charge is 0.210 e. The molecule has 1 heterocycles. The van der Waals surface area contributed by atoms with Gasteiger partial charge in [-0.25, -0.2) is 8.42 Å². The predicted octanol–water partition coefficient (Wildman–Crippen LogP) is 1.74. The molecule has 0 atom stereocenters. The molecule has 0 saturated carbocycles. The number of rotatable bonds is 0. The van der Waals surface area contributed by atoms with E-state index in [0.29, 0.717) is 22.7 Å². The van der Waals surface area contributed by atoms with Crippen molar-refractivity contribution in [3.8, 4) is 0 Å². The first kappa shape index (κ1) is 10.9. The molecule has 18 heavy (non-hydrogen) atoms. The predicted molar refractivity (Wildman–Crippen MR) is 70.4 cm³/mol. The average Bonchev–Trinajstić information content (AvgIpc) is 2.32. The minimum absolute atomic E-state index is 0.181. The van der Waals surface area contributed by atoms with Crippen molar-refractivity contribution in [1.82, 2.24) is 0 Å². The van der Waals surface area contributed by atoms with E-state index < -0.39 is 9.84 Å². The monoisotopic (exact) mass is 261 g/mol. The summed E-state index contributed by atoms with van der Waals surface area (Å²) in [6.45, 7) is 0. The molecule has 2 aromatic rings. The van der Waals surface area contributed by atoms with Crippen LogP contribution in [0.2, 0.25) is 0 Å². The van der Waals surface area contributed by atoms with Crippen molar-refractivity contribution in [3.05, 3.63) is 36.4 Å². The standard InChI is InChI=1S/C12H11N3O2S/c13-7-1-3-9-11(5-7)18(16,17)12-6-8(14)2-4-10(12)15-9/h1-6,15H,13-14H2. The number of hydrogen-bond acceptors (Lipinski definition) is 5. The van der Waals surface area contributed by atoms with Crippen LogP contribution in [-0.4, -0.2) is 8.42 Å². The molecular weight excluding hydrogens is 250 g/mol. The van der Waals surface area contributed by atoms with Crippen molar-refractivity contribution in [2.75, 3.05) is 16.8 Å². The Bertz CT molecular complexity index is 696. The zero-order chi connectivity index (χ0) is 12.9. The quantitative estimate of drug-likeness (QED) is 0.535. The van der Waals surface area contributed by atoms with E-state index in [2.05, 4.69) is 5.32 Å². The van der Waals surface area contributed by atoms with Crippen molar-refractivity contribution in [3.63, 3.8) is 0 Å². The highest BCUT2D eigenvalue weighted by Gasteiger charge is 2.29. The van der Waals surface area contributed by atoms with Crippen molar-refractivity contribution < 1.29 is 8.42 Å². The lowest BCUT2D eigenvalue weighted by atomic mass is 10.2. The second-order valence-electron chi connectivity index (χ2n) is 4.14. The fraction of sp³-hybridized carbons (Fsp3) is 0. The van der Waals surface area contributed by atoms with Crippen molar-refractivity contribution in [2.45, 2.75) is 9.79 Å². The molecule has 0 radical (unpaired) electrons. The van der Waals surface area contributed by atoms with Crippen molar-refractivity contribution in [1.29, 1.82) is 0 Å². The van der Waals surface area contributed by atoms with Crippen LogP contribution in [0.5, 0.6) is 0 Å². The van der Waals surface area contributed by atoms with Crippen LogP contribution in [0.3, 0.4) is 0 Å². The first-order chi connectivity index (χ1) is 8.48. The van der Waals surface area contributed by atoms with E-state index >= 15 is 0 Å². The SMILES string of the molecule is Nc1ccc2c(c1)S(=O)(=O)c1cc(N)ccc1N2. The number of nitrogens with two attached hydrogens (primary N) is 2. The van der Waals surface area contributed by atoms with Crippen LogP contribution < -0.4 is 16.8 Å². The van der Waals surface area contributed by atoms with Crippen molar-refractivity contribution >= 4 is 32.6 Å². The molecule has 0 aromatic heterocycles. The highest BCUT2D eigenvalue weighted by atomic mass is 32.2. The maximum absolute atomic E-state index is 12.4. The molecule has 5 N–H and O–H groups in total. The summed E-state index contributed by atoms with van der Waals surface area (Å²) in [7, 11) is -3.57. The van der Waals surface area contributed by atoms with Gasteiger partial charge >= 0.3 is 0 Å². The summed E-state index contributed by atoms with van der Waals surface area (Å²) in [6.07, 6.45) is 0. The summed E-state index contributed by atoms with van der Waals surface area (Å²) in [5, 5.41) is 3.06. The normalized spacial score (nSPS) is 15.3. The minimum atomic E-state index is -3.57. The van der Waals surface area contributed by atoms with Crippen LogP contribution in [-0.2, 0) is 9.84 Å². The molecule has 2 aromatic carbocycles. The summed E-state index contributed by atoms with van der Waals surface area (Å²) in [5.74, 6) is 0. The lowest BCUT2D eigenvalue weighted by Crippen LogP contribution is -2.14. The zero-order valence-corrected chi connectivity index (χ0v) is 10.2. The summed E-state index contributed by atoms with van der Waals surface area (Å²) < 4.78 is 24.9. The van der Waals surface area contributed by atoms with Gasteiger partial charge in [0.15, 0.2) is 0 Å². The van der Waals surface area contributed by atoms with E-state index in [1.54, 1.807) is 24.3 Å². The Morgan fingerprint density at radius 3 is 1.72 bits per heavy atom. The molecule has 0 amide bonds. The molecule has 0 aliphatic carbocycles. The molecule has 1 aliphatic heterocycles. The Morgan fingerprint density at radius 2 is 1.28 bits per heavy atom. The van der Waals surface area contributed by atoms with Gasteiger partial charge in [-0.2, -0.15) is 0 Å². The zero-order valence-electron chi connectivity index (χ0n) is 9.34. The van der Waals surface area contributed by atoms with Crippen LogP contribution in [0.4, 0.5) is 22.7 Å². The Labute approximate surface area is 104 Å². The van der Waals surface area contributed by atoms with Gasteiger partial charge < -0.3 is 16.8 Å². The van der Waals surface area contributed by atoms with Gasteiger partial charge in [-0.3, -0.25) is 0 Å². The number of nitrogen functional groups attached to an aromatic ring is 2. The van der Waals surface area contributed by atoms with Gasteiger partial charge in [0, 0.05) is 11.4 Å². The highest BCUT2D eigenvalue weighted by molar-refractivity contribution is 7.92. The van der Waals surface area contributed by atoms with Crippen LogP contribution >= 0.6 is 0 Å². The molecule has 6 heteroatoms. The third-order valence-electron chi connectivity index (χ3n) is 2.86. The van der Waals surface area contributed by atoms with E-state index in [4.69, 9.17) is 11.5 Å². The third kappa shape index (κ3) is 1.42.